The van der Waals surface area contributed by atoms with Crippen molar-refractivity contribution >= 4 is 5.78 Å². The zero-order chi connectivity index (χ0) is 12.3. The zero-order valence-electron chi connectivity index (χ0n) is 9.68. The van der Waals surface area contributed by atoms with Gasteiger partial charge in [-0.15, -0.1) is 0 Å². The van der Waals surface area contributed by atoms with E-state index in [4.69, 9.17) is 4.74 Å². The molecule has 0 N–H and O–H groups in total. The van der Waals surface area contributed by atoms with Gasteiger partial charge in [0, 0.05) is 11.6 Å². The third kappa shape index (κ3) is 2.47. The molecule has 0 aliphatic carbocycles. The summed E-state index contributed by atoms with van der Waals surface area (Å²) in [4.78, 5) is 19.9. The molecule has 1 heterocycles. The topological polar surface area (TPSA) is 52.1 Å². The van der Waals surface area contributed by atoms with Gasteiger partial charge in [0.25, 0.3) is 0 Å². The first kappa shape index (κ1) is 11.3. The summed E-state index contributed by atoms with van der Waals surface area (Å²) in [6.07, 6.45) is 1.32. The second-order valence-corrected chi connectivity index (χ2v) is 3.64. The molecule has 0 saturated carbocycles. The SMILES string of the molecule is COc1cc(C(=O)c2ccc(C)cc2)ncn1. The Bertz CT molecular complexity index is 535. The number of methoxy groups -OCH3 is 1. The van der Waals surface area contributed by atoms with Crippen LogP contribution >= 0.6 is 0 Å². The number of hydrogen-bond acceptors (Lipinski definition) is 4. The number of aromatic nitrogens is 2. The minimum absolute atomic E-state index is 0.134. The number of benzene rings is 1. The predicted octanol–water partition coefficient (Wildman–Crippen LogP) is 2.02. The molecule has 86 valence electrons. The molecule has 0 spiro atoms. The minimum Gasteiger partial charge on any atom is -0.481 e. The summed E-state index contributed by atoms with van der Waals surface area (Å²) in [6.45, 7) is 1.97. The van der Waals surface area contributed by atoms with Gasteiger partial charge < -0.3 is 4.74 Å². The van der Waals surface area contributed by atoms with Gasteiger partial charge in [-0.1, -0.05) is 29.8 Å². The fraction of sp³-hybridized carbons (Fsp3) is 0.154. The van der Waals surface area contributed by atoms with E-state index >= 15 is 0 Å². The minimum atomic E-state index is -0.134. The molecule has 1 aromatic heterocycles. The van der Waals surface area contributed by atoms with Crippen molar-refractivity contribution in [2.75, 3.05) is 7.11 Å². The Morgan fingerprint density at radius 2 is 1.88 bits per heavy atom. The van der Waals surface area contributed by atoms with E-state index in [9.17, 15) is 4.79 Å². The largest absolute Gasteiger partial charge is 0.481 e. The lowest BCUT2D eigenvalue weighted by Gasteiger charge is -2.02. The Kier molecular flexibility index (Phi) is 3.14. The molecule has 0 radical (unpaired) electrons. The van der Waals surface area contributed by atoms with E-state index in [1.807, 2.05) is 19.1 Å². The molecule has 4 nitrogen and oxygen atoms in total. The van der Waals surface area contributed by atoms with Crippen LogP contribution in [-0.4, -0.2) is 22.9 Å². The molecule has 2 aromatic rings. The first-order valence-corrected chi connectivity index (χ1v) is 5.18. The molecule has 0 unspecified atom stereocenters. The van der Waals surface area contributed by atoms with E-state index in [0.717, 1.165) is 5.56 Å². The van der Waals surface area contributed by atoms with E-state index in [1.165, 1.54) is 19.5 Å². The van der Waals surface area contributed by atoms with Gasteiger partial charge in [0.15, 0.2) is 0 Å². The van der Waals surface area contributed by atoms with Crippen molar-refractivity contribution in [3.8, 4) is 5.88 Å². The van der Waals surface area contributed by atoms with Crippen molar-refractivity contribution in [1.82, 2.24) is 9.97 Å². The van der Waals surface area contributed by atoms with Crippen LogP contribution in [0, 0.1) is 6.92 Å². The highest BCUT2D eigenvalue weighted by molar-refractivity contribution is 6.07. The van der Waals surface area contributed by atoms with Crippen molar-refractivity contribution in [2.24, 2.45) is 0 Å². The monoisotopic (exact) mass is 228 g/mol. The van der Waals surface area contributed by atoms with Crippen molar-refractivity contribution in [2.45, 2.75) is 6.92 Å². The molecule has 0 bridgehead atoms. The van der Waals surface area contributed by atoms with E-state index < -0.39 is 0 Å². The maximum absolute atomic E-state index is 12.1. The normalized spacial score (nSPS) is 10.0. The third-order valence-corrected chi connectivity index (χ3v) is 2.40. The van der Waals surface area contributed by atoms with Gasteiger partial charge >= 0.3 is 0 Å². The maximum Gasteiger partial charge on any atom is 0.216 e. The van der Waals surface area contributed by atoms with Crippen molar-refractivity contribution in [3.63, 3.8) is 0 Å². The average Bonchev–Trinajstić information content (AvgIpc) is 2.39. The number of ketones is 1. The van der Waals surface area contributed by atoms with E-state index in [-0.39, 0.29) is 5.78 Å². The molecular weight excluding hydrogens is 216 g/mol. The van der Waals surface area contributed by atoms with Crippen LogP contribution in [-0.2, 0) is 0 Å². The summed E-state index contributed by atoms with van der Waals surface area (Å²) in [5.74, 6) is 0.251. The first-order chi connectivity index (χ1) is 8.20. The van der Waals surface area contributed by atoms with Gasteiger partial charge in [0.05, 0.1) is 7.11 Å². The number of nitrogens with zero attached hydrogens (tertiary/aromatic N) is 2. The quantitative estimate of drug-likeness (QED) is 0.754. The average molecular weight is 228 g/mol. The lowest BCUT2D eigenvalue weighted by Crippen LogP contribution is -2.05. The highest BCUT2D eigenvalue weighted by Crippen LogP contribution is 2.12. The second-order valence-electron chi connectivity index (χ2n) is 3.64. The molecular formula is C13H12N2O2. The summed E-state index contributed by atoms with van der Waals surface area (Å²) in [6, 6.07) is 8.89. The van der Waals surface area contributed by atoms with E-state index in [1.54, 1.807) is 12.1 Å². The molecule has 0 fully saturated rings. The first-order valence-electron chi connectivity index (χ1n) is 5.18. The lowest BCUT2D eigenvalue weighted by molar-refractivity contribution is 0.103. The molecule has 0 aliphatic heterocycles. The zero-order valence-corrected chi connectivity index (χ0v) is 9.68. The van der Waals surface area contributed by atoms with Gasteiger partial charge in [-0.05, 0) is 6.92 Å². The predicted molar refractivity (Wildman–Crippen MR) is 63.2 cm³/mol. The van der Waals surface area contributed by atoms with Gasteiger partial charge in [-0.25, -0.2) is 9.97 Å². The lowest BCUT2D eigenvalue weighted by atomic mass is 10.1. The van der Waals surface area contributed by atoms with E-state index in [2.05, 4.69) is 9.97 Å². The summed E-state index contributed by atoms with van der Waals surface area (Å²) in [5.41, 5.74) is 2.05. The smallest absolute Gasteiger partial charge is 0.216 e. The molecule has 4 heteroatoms. The fourth-order valence-corrected chi connectivity index (χ4v) is 1.43. The highest BCUT2D eigenvalue weighted by atomic mass is 16.5. The van der Waals surface area contributed by atoms with Gasteiger partial charge in [-0.2, -0.15) is 0 Å². The van der Waals surface area contributed by atoms with Crippen molar-refractivity contribution in [3.05, 3.63) is 53.5 Å². The maximum atomic E-state index is 12.1. The van der Waals surface area contributed by atoms with Gasteiger partial charge in [0.2, 0.25) is 11.7 Å². The van der Waals surface area contributed by atoms with Crippen molar-refractivity contribution < 1.29 is 9.53 Å². The second kappa shape index (κ2) is 4.74. The Labute approximate surface area is 99.3 Å². The molecule has 2 rings (SSSR count). The number of carbonyl (C=O) groups excluding carboxylic acids is 1. The molecule has 17 heavy (non-hydrogen) atoms. The summed E-state index contributed by atoms with van der Waals surface area (Å²) in [7, 11) is 1.50. The Balaban J connectivity index is 2.33. The van der Waals surface area contributed by atoms with Crippen LogP contribution in [0.4, 0.5) is 0 Å². The Morgan fingerprint density at radius 3 is 2.53 bits per heavy atom. The fourth-order valence-electron chi connectivity index (χ4n) is 1.43. The summed E-state index contributed by atoms with van der Waals surface area (Å²) < 4.78 is 4.96. The number of ether oxygens (including phenoxy) is 1. The highest BCUT2D eigenvalue weighted by Gasteiger charge is 2.11. The molecule has 1 aromatic carbocycles. The Hall–Kier alpha value is -2.23. The molecule has 0 atom stereocenters. The standard InChI is InChI=1S/C13H12N2O2/c1-9-3-5-10(6-4-9)13(16)11-7-12(17-2)15-8-14-11/h3-8H,1-2H3. The number of aryl methyl sites for hydroxylation is 1. The van der Waals surface area contributed by atoms with E-state index in [0.29, 0.717) is 17.1 Å². The van der Waals surface area contributed by atoms with Crippen LogP contribution in [0.5, 0.6) is 5.88 Å². The van der Waals surface area contributed by atoms with Crippen molar-refractivity contribution in [1.29, 1.82) is 0 Å². The number of carbonyl (C=O) groups is 1. The summed E-state index contributed by atoms with van der Waals surface area (Å²) in [5, 5.41) is 0. The number of rotatable bonds is 3. The molecule has 0 amide bonds. The van der Waals surface area contributed by atoms with Gasteiger partial charge in [-0.3, -0.25) is 4.79 Å². The van der Waals surface area contributed by atoms with Crippen LogP contribution in [0.1, 0.15) is 21.6 Å². The molecule has 0 saturated heterocycles. The summed E-state index contributed by atoms with van der Waals surface area (Å²) >= 11 is 0. The molecule has 0 aliphatic rings. The van der Waals surface area contributed by atoms with Crippen LogP contribution < -0.4 is 4.74 Å². The Morgan fingerprint density at radius 1 is 1.18 bits per heavy atom. The van der Waals surface area contributed by atoms with Crippen LogP contribution in [0.25, 0.3) is 0 Å². The third-order valence-electron chi connectivity index (χ3n) is 2.40. The number of hydrogen-bond donors (Lipinski definition) is 0. The van der Waals surface area contributed by atoms with Crippen LogP contribution in [0.15, 0.2) is 36.7 Å². The van der Waals surface area contributed by atoms with Crippen LogP contribution in [0.3, 0.4) is 0 Å². The van der Waals surface area contributed by atoms with Crippen LogP contribution in [0.2, 0.25) is 0 Å². The van der Waals surface area contributed by atoms with Gasteiger partial charge in [0.1, 0.15) is 12.0 Å².